The smallest absolute Gasteiger partial charge is 0.227 e. The summed E-state index contributed by atoms with van der Waals surface area (Å²) in [5.74, 6) is 1.71. The fourth-order valence-corrected chi connectivity index (χ4v) is 4.08. The van der Waals surface area contributed by atoms with Crippen LogP contribution in [-0.4, -0.2) is 65.1 Å². The van der Waals surface area contributed by atoms with Crippen molar-refractivity contribution in [1.29, 1.82) is 0 Å². The standard InChI is InChI=1S/C16H24N8OS/c1-22(2)15-18-12-5-8-24(16-21-20-14(17)26-16)9-11(12)13(19-15)23-6-3-10(25)4-7-23/h10,25H,3-9H2,1-2H3,(H2,17,20). The molecular weight excluding hydrogens is 352 g/mol. The SMILES string of the molecule is CN(C)c1nc2c(c(N3CCC(O)CC3)n1)CN(c1nnc(N)s1)CC2. The summed E-state index contributed by atoms with van der Waals surface area (Å²) in [5.41, 5.74) is 7.99. The molecule has 0 atom stereocenters. The van der Waals surface area contributed by atoms with Gasteiger partial charge in [0.2, 0.25) is 16.2 Å². The number of nitrogen functional groups attached to an aromatic ring is 1. The van der Waals surface area contributed by atoms with Crippen molar-refractivity contribution in [2.24, 2.45) is 0 Å². The minimum absolute atomic E-state index is 0.210. The molecule has 26 heavy (non-hydrogen) atoms. The van der Waals surface area contributed by atoms with E-state index in [-0.39, 0.29) is 6.10 Å². The zero-order valence-corrected chi connectivity index (χ0v) is 15.9. The number of anilines is 4. The van der Waals surface area contributed by atoms with Crippen molar-refractivity contribution in [3.05, 3.63) is 11.3 Å². The van der Waals surface area contributed by atoms with Gasteiger partial charge in [-0.1, -0.05) is 11.3 Å². The van der Waals surface area contributed by atoms with Gasteiger partial charge in [0.15, 0.2) is 0 Å². The molecule has 0 aliphatic carbocycles. The normalized spacial score (nSPS) is 18.1. The summed E-state index contributed by atoms with van der Waals surface area (Å²) in [6.45, 7) is 3.15. The van der Waals surface area contributed by atoms with Gasteiger partial charge in [-0.25, -0.2) is 4.98 Å². The number of hydrogen-bond acceptors (Lipinski definition) is 10. The Kier molecular flexibility index (Phi) is 4.53. The molecule has 0 radical (unpaired) electrons. The molecule has 0 spiro atoms. The fourth-order valence-electron chi connectivity index (χ4n) is 3.44. The third-order valence-electron chi connectivity index (χ3n) is 4.89. The maximum Gasteiger partial charge on any atom is 0.227 e. The van der Waals surface area contributed by atoms with Crippen LogP contribution in [0.4, 0.5) is 22.0 Å². The summed E-state index contributed by atoms with van der Waals surface area (Å²) >= 11 is 1.40. The molecule has 0 aromatic carbocycles. The number of fused-ring (bicyclic) bond motifs is 1. The summed E-state index contributed by atoms with van der Waals surface area (Å²) in [6.07, 6.45) is 2.17. The molecule has 4 heterocycles. The second kappa shape index (κ2) is 6.84. The van der Waals surface area contributed by atoms with Crippen LogP contribution in [0.25, 0.3) is 0 Å². The highest BCUT2D eigenvalue weighted by Crippen LogP contribution is 2.33. The number of aliphatic hydroxyl groups is 1. The molecule has 2 aliphatic rings. The van der Waals surface area contributed by atoms with Crippen molar-refractivity contribution in [1.82, 2.24) is 20.2 Å². The van der Waals surface area contributed by atoms with Crippen LogP contribution in [0.3, 0.4) is 0 Å². The average molecular weight is 376 g/mol. The number of piperidine rings is 1. The van der Waals surface area contributed by atoms with E-state index in [2.05, 4.69) is 20.0 Å². The van der Waals surface area contributed by atoms with E-state index in [1.807, 2.05) is 19.0 Å². The van der Waals surface area contributed by atoms with Crippen molar-refractivity contribution in [2.75, 3.05) is 54.2 Å². The van der Waals surface area contributed by atoms with Crippen LogP contribution >= 0.6 is 11.3 Å². The Morgan fingerprint density at radius 2 is 1.88 bits per heavy atom. The Morgan fingerprint density at radius 1 is 1.12 bits per heavy atom. The van der Waals surface area contributed by atoms with Gasteiger partial charge >= 0.3 is 0 Å². The Balaban J connectivity index is 1.69. The van der Waals surface area contributed by atoms with Gasteiger partial charge in [0.1, 0.15) is 5.82 Å². The molecule has 2 aliphatic heterocycles. The Bertz CT molecular complexity index is 787. The van der Waals surface area contributed by atoms with Crippen molar-refractivity contribution in [2.45, 2.75) is 31.9 Å². The third kappa shape index (κ3) is 3.26. The van der Waals surface area contributed by atoms with Crippen LogP contribution in [0.15, 0.2) is 0 Å². The second-order valence-electron chi connectivity index (χ2n) is 6.98. The first-order valence-corrected chi connectivity index (χ1v) is 9.67. The van der Waals surface area contributed by atoms with E-state index >= 15 is 0 Å². The van der Waals surface area contributed by atoms with E-state index in [0.29, 0.717) is 11.7 Å². The first-order valence-electron chi connectivity index (χ1n) is 8.85. The lowest BCUT2D eigenvalue weighted by Gasteiger charge is -2.35. The minimum atomic E-state index is -0.210. The van der Waals surface area contributed by atoms with Gasteiger partial charge in [0.25, 0.3) is 0 Å². The lowest BCUT2D eigenvalue weighted by Crippen LogP contribution is -2.39. The van der Waals surface area contributed by atoms with Crippen LogP contribution in [0.2, 0.25) is 0 Å². The molecule has 0 unspecified atom stereocenters. The molecule has 1 fully saturated rings. The highest BCUT2D eigenvalue weighted by atomic mass is 32.1. The minimum Gasteiger partial charge on any atom is -0.393 e. The molecule has 2 aromatic rings. The first-order chi connectivity index (χ1) is 12.5. The Labute approximate surface area is 156 Å². The fraction of sp³-hybridized carbons (Fsp3) is 0.625. The Hall–Kier alpha value is -2.20. The van der Waals surface area contributed by atoms with E-state index in [0.717, 1.165) is 67.1 Å². The molecule has 4 rings (SSSR count). The van der Waals surface area contributed by atoms with Crippen molar-refractivity contribution < 1.29 is 5.11 Å². The monoisotopic (exact) mass is 376 g/mol. The number of aromatic nitrogens is 4. The molecule has 0 saturated carbocycles. The Morgan fingerprint density at radius 3 is 2.54 bits per heavy atom. The molecule has 0 amide bonds. The summed E-state index contributed by atoms with van der Waals surface area (Å²) in [4.78, 5) is 16.0. The number of aliphatic hydroxyl groups excluding tert-OH is 1. The van der Waals surface area contributed by atoms with Gasteiger partial charge in [-0.3, -0.25) is 0 Å². The van der Waals surface area contributed by atoms with Gasteiger partial charge < -0.3 is 25.5 Å². The highest BCUT2D eigenvalue weighted by molar-refractivity contribution is 7.18. The first kappa shape index (κ1) is 17.2. The van der Waals surface area contributed by atoms with E-state index < -0.39 is 0 Å². The van der Waals surface area contributed by atoms with E-state index in [1.165, 1.54) is 11.3 Å². The van der Waals surface area contributed by atoms with Crippen LogP contribution in [0.1, 0.15) is 24.1 Å². The molecular formula is C16H24N8OS. The second-order valence-corrected chi connectivity index (χ2v) is 7.97. The molecule has 3 N–H and O–H groups in total. The third-order valence-corrected chi connectivity index (χ3v) is 5.70. The lowest BCUT2D eigenvalue weighted by molar-refractivity contribution is 0.145. The van der Waals surface area contributed by atoms with E-state index in [9.17, 15) is 5.11 Å². The molecule has 9 nitrogen and oxygen atoms in total. The van der Waals surface area contributed by atoms with Crippen LogP contribution in [0, 0.1) is 0 Å². The maximum atomic E-state index is 9.85. The zero-order chi connectivity index (χ0) is 18.3. The molecule has 140 valence electrons. The topological polar surface area (TPSA) is 108 Å². The summed E-state index contributed by atoms with van der Waals surface area (Å²) < 4.78 is 0. The lowest BCUT2D eigenvalue weighted by atomic mass is 10.0. The summed E-state index contributed by atoms with van der Waals surface area (Å²) in [7, 11) is 3.93. The molecule has 0 bridgehead atoms. The van der Waals surface area contributed by atoms with Gasteiger partial charge in [-0.2, -0.15) is 4.98 Å². The largest absolute Gasteiger partial charge is 0.393 e. The number of hydrogen-bond donors (Lipinski definition) is 2. The highest BCUT2D eigenvalue weighted by Gasteiger charge is 2.29. The summed E-state index contributed by atoms with van der Waals surface area (Å²) in [6, 6.07) is 0. The van der Waals surface area contributed by atoms with Crippen molar-refractivity contribution >= 4 is 33.4 Å². The van der Waals surface area contributed by atoms with Gasteiger partial charge in [-0.05, 0) is 12.8 Å². The summed E-state index contributed by atoms with van der Waals surface area (Å²) in [5, 5.41) is 19.3. The quantitative estimate of drug-likeness (QED) is 0.791. The molecule has 2 aromatic heterocycles. The van der Waals surface area contributed by atoms with Crippen molar-refractivity contribution in [3.63, 3.8) is 0 Å². The van der Waals surface area contributed by atoms with Crippen LogP contribution in [-0.2, 0) is 13.0 Å². The van der Waals surface area contributed by atoms with Gasteiger partial charge in [0, 0.05) is 45.7 Å². The number of nitrogens with two attached hydrogens (primary N) is 1. The molecule has 10 heteroatoms. The van der Waals surface area contributed by atoms with Crippen LogP contribution in [0.5, 0.6) is 0 Å². The van der Waals surface area contributed by atoms with Gasteiger partial charge in [-0.15, -0.1) is 10.2 Å². The average Bonchev–Trinajstić information content (AvgIpc) is 3.07. The van der Waals surface area contributed by atoms with Crippen molar-refractivity contribution in [3.8, 4) is 0 Å². The van der Waals surface area contributed by atoms with Crippen LogP contribution < -0.4 is 20.4 Å². The number of nitrogens with zero attached hydrogens (tertiary/aromatic N) is 7. The predicted molar refractivity (Wildman–Crippen MR) is 103 cm³/mol. The predicted octanol–water partition coefficient (Wildman–Crippen LogP) is 0.500. The zero-order valence-electron chi connectivity index (χ0n) is 15.1. The maximum absolute atomic E-state index is 9.85. The van der Waals surface area contributed by atoms with E-state index in [4.69, 9.17) is 15.7 Å². The van der Waals surface area contributed by atoms with Gasteiger partial charge in [0.05, 0.1) is 18.3 Å². The number of rotatable bonds is 3. The van der Waals surface area contributed by atoms with E-state index in [1.54, 1.807) is 0 Å². The molecule has 1 saturated heterocycles.